The van der Waals surface area contributed by atoms with Crippen molar-refractivity contribution in [2.45, 2.75) is 18.2 Å². The van der Waals surface area contributed by atoms with Crippen LogP contribution >= 0.6 is 11.6 Å². The van der Waals surface area contributed by atoms with E-state index in [1.54, 1.807) is 6.92 Å². The van der Waals surface area contributed by atoms with E-state index in [-0.39, 0.29) is 34.6 Å². The number of hydrogen-bond donors (Lipinski definition) is 2. The Morgan fingerprint density at radius 3 is 2.67 bits per heavy atom. The lowest BCUT2D eigenvalue weighted by Crippen LogP contribution is -2.30. The molecule has 0 aromatic heterocycles. The molecule has 3 N–H and O–H groups in total. The maximum Gasteiger partial charge on any atom is 0.240 e. The Morgan fingerprint density at radius 1 is 1.43 bits per heavy atom. The maximum absolute atomic E-state index is 12.3. The Kier molecular flexibility index (Phi) is 4.53. The van der Waals surface area contributed by atoms with E-state index < -0.39 is 19.9 Å². The summed E-state index contributed by atoms with van der Waals surface area (Å²) in [5, 5.41) is 0.299. The number of hydrogen-bond acceptors (Lipinski definition) is 5. The molecule has 0 saturated carbocycles. The van der Waals surface area contributed by atoms with Crippen molar-refractivity contribution in [3.8, 4) is 0 Å². The van der Waals surface area contributed by atoms with Crippen LogP contribution < -0.4 is 10.5 Å². The van der Waals surface area contributed by atoms with Gasteiger partial charge in [0.15, 0.2) is 9.84 Å². The quantitative estimate of drug-likeness (QED) is 0.784. The van der Waals surface area contributed by atoms with Crippen LogP contribution in [0.2, 0.25) is 5.02 Å². The molecule has 1 aliphatic rings. The average Bonchev–Trinajstić information content (AvgIpc) is 2.71. The van der Waals surface area contributed by atoms with E-state index >= 15 is 0 Å². The standard InChI is InChI=1S/C12H17ClN2O4S2/c1-8-4-10(13)11(14)5-12(8)21(18,19)15-6-9-2-3-20(16,17)7-9/h4-5,9,15H,2-3,6-7,14H2,1H3. The fourth-order valence-electron chi connectivity index (χ4n) is 2.30. The number of nitrogen functional groups attached to an aromatic ring is 1. The molecule has 0 aliphatic carbocycles. The number of rotatable bonds is 4. The molecule has 118 valence electrons. The lowest BCUT2D eigenvalue weighted by molar-refractivity contribution is 0.543. The van der Waals surface area contributed by atoms with Crippen molar-refractivity contribution < 1.29 is 16.8 Å². The third-order valence-corrected chi connectivity index (χ3v) is 7.20. The summed E-state index contributed by atoms with van der Waals surface area (Å²) in [6.07, 6.45) is 0.479. The number of benzene rings is 1. The highest BCUT2D eigenvalue weighted by Crippen LogP contribution is 2.26. The van der Waals surface area contributed by atoms with Crippen LogP contribution in [0.5, 0.6) is 0 Å². The van der Waals surface area contributed by atoms with Gasteiger partial charge in [0.1, 0.15) is 0 Å². The van der Waals surface area contributed by atoms with Gasteiger partial charge >= 0.3 is 0 Å². The SMILES string of the molecule is Cc1cc(Cl)c(N)cc1S(=O)(=O)NCC1CCS(=O)(=O)C1. The molecule has 0 bridgehead atoms. The van der Waals surface area contributed by atoms with E-state index in [9.17, 15) is 16.8 Å². The number of anilines is 1. The molecule has 1 aromatic carbocycles. The summed E-state index contributed by atoms with van der Waals surface area (Å²) in [4.78, 5) is 0.0604. The number of nitrogens with one attached hydrogen (secondary N) is 1. The van der Waals surface area contributed by atoms with Gasteiger partial charge in [0, 0.05) is 6.54 Å². The summed E-state index contributed by atoms with van der Waals surface area (Å²) in [6.45, 7) is 1.73. The minimum atomic E-state index is -3.74. The molecular formula is C12H17ClN2O4S2. The predicted octanol–water partition coefficient (Wildman–Crippen LogP) is 0.944. The van der Waals surface area contributed by atoms with E-state index in [1.807, 2.05) is 0 Å². The first-order valence-corrected chi connectivity index (χ1v) is 10.0. The number of nitrogens with two attached hydrogens (primary N) is 1. The third kappa shape index (κ3) is 3.88. The zero-order valence-electron chi connectivity index (χ0n) is 11.5. The van der Waals surface area contributed by atoms with Gasteiger partial charge in [-0.3, -0.25) is 0 Å². The monoisotopic (exact) mass is 352 g/mol. The maximum atomic E-state index is 12.3. The van der Waals surface area contributed by atoms with Crippen LogP contribution in [0.4, 0.5) is 5.69 Å². The summed E-state index contributed by atoms with van der Waals surface area (Å²) in [5.74, 6) is -0.0430. The Labute approximate surface area is 129 Å². The molecule has 1 aromatic rings. The van der Waals surface area contributed by atoms with Crippen LogP contribution in [0.3, 0.4) is 0 Å². The van der Waals surface area contributed by atoms with E-state index in [0.717, 1.165) is 0 Å². The molecule has 6 nitrogen and oxygen atoms in total. The van der Waals surface area contributed by atoms with Gasteiger partial charge in [0.25, 0.3) is 0 Å². The highest BCUT2D eigenvalue weighted by Gasteiger charge is 2.29. The van der Waals surface area contributed by atoms with Crippen LogP contribution in [0.25, 0.3) is 0 Å². The van der Waals surface area contributed by atoms with E-state index in [0.29, 0.717) is 17.0 Å². The van der Waals surface area contributed by atoms with Crippen LogP contribution in [-0.2, 0) is 19.9 Å². The van der Waals surface area contributed by atoms with Crippen molar-refractivity contribution in [1.29, 1.82) is 0 Å². The fourth-order valence-corrected chi connectivity index (χ4v) is 5.75. The first kappa shape index (κ1) is 16.5. The number of sulfonamides is 1. The van der Waals surface area contributed by atoms with E-state index in [1.165, 1.54) is 12.1 Å². The zero-order chi connectivity index (χ0) is 15.8. The van der Waals surface area contributed by atoms with Gasteiger partial charge in [-0.1, -0.05) is 11.6 Å². The largest absolute Gasteiger partial charge is 0.397 e. The zero-order valence-corrected chi connectivity index (χ0v) is 13.9. The Bertz CT molecular complexity index is 760. The molecule has 0 spiro atoms. The molecule has 9 heteroatoms. The van der Waals surface area contributed by atoms with E-state index in [4.69, 9.17) is 17.3 Å². The topological polar surface area (TPSA) is 106 Å². The van der Waals surface area contributed by atoms with Crippen molar-refractivity contribution in [2.24, 2.45) is 5.92 Å². The summed E-state index contributed by atoms with van der Waals surface area (Å²) < 4.78 is 49.7. The number of sulfone groups is 1. The normalized spacial score (nSPS) is 21.5. The van der Waals surface area contributed by atoms with E-state index in [2.05, 4.69) is 4.72 Å². The lowest BCUT2D eigenvalue weighted by atomic mass is 10.1. The van der Waals surface area contributed by atoms with Crippen molar-refractivity contribution in [1.82, 2.24) is 4.72 Å². The van der Waals surface area contributed by atoms with Crippen molar-refractivity contribution >= 4 is 37.1 Å². The molecule has 1 heterocycles. The van der Waals surface area contributed by atoms with Gasteiger partial charge in [0.05, 0.1) is 27.1 Å². The molecule has 1 aliphatic heterocycles. The van der Waals surface area contributed by atoms with Gasteiger partial charge in [-0.2, -0.15) is 0 Å². The average molecular weight is 353 g/mol. The molecular weight excluding hydrogens is 336 g/mol. The lowest BCUT2D eigenvalue weighted by Gasteiger charge is -2.13. The Morgan fingerprint density at radius 2 is 2.10 bits per heavy atom. The molecule has 1 atom stereocenters. The fraction of sp³-hybridized carbons (Fsp3) is 0.500. The highest BCUT2D eigenvalue weighted by molar-refractivity contribution is 7.91. The van der Waals surface area contributed by atoms with Crippen molar-refractivity contribution in [3.63, 3.8) is 0 Å². The second kappa shape index (κ2) is 5.75. The summed E-state index contributed by atoms with van der Waals surface area (Å²) in [5.41, 5.74) is 6.31. The predicted molar refractivity (Wildman–Crippen MR) is 82.6 cm³/mol. The van der Waals surface area contributed by atoms with Gasteiger partial charge in [-0.25, -0.2) is 21.6 Å². The third-order valence-electron chi connectivity index (χ3n) is 3.47. The molecule has 2 rings (SSSR count). The van der Waals surface area contributed by atoms with Gasteiger partial charge in [-0.15, -0.1) is 0 Å². The van der Waals surface area contributed by atoms with Crippen LogP contribution in [-0.4, -0.2) is 34.9 Å². The number of halogens is 1. The minimum Gasteiger partial charge on any atom is -0.397 e. The molecule has 0 amide bonds. The Balaban J connectivity index is 2.14. The van der Waals surface area contributed by atoms with Gasteiger partial charge in [0.2, 0.25) is 10.0 Å². The molecule has 1 unspecified atom stereocenters. The summed E-state index contributed by atoms with van der Waals surface area (Å²) >= 11 is 5.84. The second-order valence-corrected chi connectivity index (χ2v) is 9.63. The molecule has 21 heavy (non-hydrogen) atoms. The van der Waals surface area contributed by atoms with Crippen LogP contribution in [0.1, 0.15) is 12.0 Å². The first-order valence-electron chi connectivity index (χ1n) is 6.36. The molecule has 1 saturated heterocycles. The van der Waals surface area contributed by atoms with Crippen molar-refractivity contribution in [2.75, 3.05) is 23.8 Å². The summed E-state index contributed by atoms with van der Waals surface area (Å²) in [6, 6.07) is 2.80. The van der Waals surface area contributed by atoms with Crippen LogP contribution in [0.15, 0.2) is 17.0 Å². The first-order chi connectivity index (χ1) is 9.61. The number of aryl methyl sites for hydroxylation is 1. The smallest absolute Gasteiger partial charge is 0.240 e. The molecule has 1 fully saturated rings. The van der Waals surface area contributed by atoms with Crippen LogP contribution in [0, 0.1) is 12.8 Å². The minimum absolute atomic E-state index is 0.0251. The molecule has 0 radical (unpaired) electrons. The van der Waals surface area contributed by atoms with Gasteiger partial charge in [-0.05, 0) is 37.0 Å². The summed E-state index contributed by atoms with van der Waals surface area (Å²) in [7, 11) is -6.76. The second-order valence-electron chi connectivity index (χ2n) is 5.26. The Hall–Kier alpha value is -0.830. The highest BCUT2D eigenvalue weighted by atomic mass is 35.5. The van der Waals surface area contributed by atoms with Crippen molar-refractivity contribution in [3.05, 3.63) is 22.7 Å². The van der Waals surface area contributed by atoms with Gasteiger partial charge < -0.3 is 5.73 Å².